The molecule has 68 valence electrons. The van der Waals surface area contributed by atoms with Crippen LogP contribution in [0.4, 0.5) is 0 Å². The third-order valence-corrected chi connectivity index (χ3v) is 2.08. The fourth-order valence-electron chi connectivity index (χ4n) is 1.60. The second kappa shape index (κ2) is 5.59. The molecular formula is C10H23N. The van der Waals surface area contributed by atoms with Gasteiger partial charge in [-0.15, -0.1) is 0 Å². The van der Waals surface area contributed by atoms with Crippen molar-refractivity contribution in [1.29, 1.82) is 0 Å². The Hall–Kier alpha value is -0.0400. The Bertz CT molecular complexity index is 80.9. The van der Waals surface area contributed by atoms with E-state index in [-0.39, 0.29) is 0 Å². The minimum absolute atomic E-state index is 0.823. The summed E-state index contributed by atoms with van der Waals surface area (Å²) in [6, 6.07) is 1.76. The largest absolute Gasteiger partial charge is 0.311 e. The van der Waals surface area contributed by atoms with Gasteiger partial charge in [0.15, 0.2) is 0 Å². The van der Waals surface area contributed by atoms with Crippen LogP contribution in [0.3, 0.4) is 0 Å². The van der Waals surface area contributed by atoms with Gasteiger partial charge < -0.3 is 5.32 Å². The van der Waals surface area contributed by atoms with Crippen molar-refractivity contribution in [2.45, 2.75) is 59.5 Å². The van der Waals surface area contributed by atoms with Crippen LogP contribution in [-0.2, 0) is 0 Å². The van der Waals surface area contributed by atoms with Gasteiger partial charge in [-0.25, -0.2) is 0 Å². The number of fused-ring (bicyclic) bond motifs is 1. The predicted octanol–water partition coefficient (Wildman–Crippen LogP) is 2.81. The molecule has 3 atom stereocenters. The summed E-state index contributed by atoms with van der Waals surface area (Å²) in [6.07, 6.45) is 2.90. The van der Waals surface area contributed by atoms with Crippen molar-refractivity contribution < 1.29 is 0 Å². The van der Waals surface area contributed by atoms with Gasteiger partial charge in [0.2, 0.25) is 0 Å². The Labute approximate surface area is 71.6 Å². The number of rotatable bonds is 0. The average molecular weight is 157 g/mol. The molecule has 0 spiro atoms. The Morgan fingerprint density at radius 1 is 1.00 bits per heavy atom. The van der Waals surface area contributed by atoms with Gasteiger partial charge in [0, 0.05) is 12.1 Å². The lowest BCUT2D eigenvalue weighted by molar-refractivity contribution is 0.584. The zero-order valence-electron chi connectivity index (χ0n) is 8.65. The molecule has 0 amide bonds. The molecule has 0 aromatic carbocycles. The van der Waals surface area contributed by atoms with Crippen LogP contribution in [0, 0.1) is 5.92 Å². The first kappa shape index (κ1) is 11.0. The molecule has 11 heavy (non-hydrogen) atoms. The van der Waals surface area contributed by atoms with Gasteiger partial charge in [-0.1, -0.05) is 27.7 Å². The molecule has 2 rings (SSSR count). The maximum Gasteiger partial charge on any atom is 0.0102 e. The molecule has 0 bridgehead atoms. The van der Waals surface area contributed by atoms with E-state index in [9.17, 15) is 0 Å². The highest BCUT2D eigenvalue weighted by molar-refractivity contribution is 5.01. The average Bonchev–Trinajstić information content (AvgIpc) is 2.68. The minimum atomic E-state index is 0.823. The van der Waals surface area contributed by atoms with Crippen LogP contribution < -0.4 is 5.32 Å². The monoisotopic (exact) mass is 157 g/mol. The van der Waals surface area contributed by atoms with Crippen molar-refractivity contribution in [2.75, 3.05) is 0 Å². The molecule has 0 aromatic heterocycles. The van der Waals surface area contributed by atoms with Crippen LogP contribution in [0.25, 0.3) is 0 Å². The maximum atomic E-state index is 3.49. The normalized spacial score (nSPS) is 37.4. The summed E-state index contributed by atoms with van der Waals surface area (Å²) < 4.78 is 0. The summed E-state index contributed by atoms with van der Waals surface area (Å²) in [5.74, 6) is 1.08. The van der Waals surface area contributed by atoms with Gasteiger partial charge in [0.25, 0.3) is 0 Å². The van der Waals surface area contributed by atoms with Crippen LogP contribution >= 0.6 is 0 Å². The third-order valence-electron chi connectivity index (χ3n) is 2.08. The molecule has 1 saturated heterocycles. The number of piperidine rings is 1. The quantitative estimate of drug-likeness (QED) is 0.570. The molecule has 0 radical (unpaired) electrons. The van der Waals surface area contributed by atoms with Crippen LogP contribution in [-0.4, -0.2) is 12.1 Å². The van der Waals surface area contributed by atoms with Gasteiger partial charge >= 0.3 is 0 Å². The second-order valence-corrected chi connectivity index (χ2v) is 2.91. The molecule has 1 aliphatic carbocycles. The summed E-state index contributed by atoms with van der Waals surface area (Å²) >= 11 is 0. The predicted molar refractivity (Wildman–Crippen MR) is 51.8 cm³/mol. The summed E-state index contributed by atoms with van der Waals surface area (Å²) in [5.41, 5.74) is 0. The Kier molecular flexibility index (Phi) is 5.57. The van der Waals surface area contributed by atoms with Crippen molar-refractivity contribution in [3.8, 4) is 0 Å². The highest BCUT2D eigenvalue weighted by Gasteiger charge is 2.43. The van der Waals surface area contributed by atoms with Crippen LogP contribution in [0.1, 0.15) is 47.5 Å². The molecular weight excluding hydrogens is 134 g/mol. The summed E-state index contributed by atoms with van der Waals surface area (Å²) in [6.45, 7) is 10.3. The van der Waals surface area contributed by atoms with Crippen molar-refractivity contribution in [3.63, 3.8) is 0 Å². The van der Waals surface area contributed by atoms with E-state index in [1.54, 1.807) is 0 Å². The number of hydrogen-bond donors (Lipinski definition) is 1. The zero-order chi connectivity index (χ0) is 8.85. The van der Waals surface area contributed by atoms with Crippen LogP contribution in [0.5, 0.6) is 0 Å². The molecule has 1 heterocycles. The first-order chi connectivity index (χ1) is 5.36. The van der Waals surface area contributed by atoms with Crippen molar-refractivity contribution >= 4 is 0 Å². The van der Waals surface area contributed by atoms with E-state index >= 15 is 0 Å². The van der Waals surface area contributed by atoms with Gasteiger partial charge in [-0.05, 0) is 25.7 Å². The third kappa shape index (κ3) is 3.24. The Morgan fingerprint density at radius 2 is 1.55 bits per heavy atom. The van der Waals surface area contributed by atoms with Crippen LogP contribution in [0.2, 0.25) is 0 Å². The fraction of sp³-hybridized carbons (Fsp3) is 1.00. The van der Waals surface area contributed by atoms with Gasteiger partial charge in [0.1, 0.15) is 0 Å². The molecule has 1 N–H and O–H groups in total. The second-order valence-electron chi connectivity index (χ2n) is 2.91. The number of nitrogens with one attached hydrogen (secondary N) is 1. The summed E-state index contributed by atoms with van der Waals surface area (Å²) in [5, 5.41) is 3.49. The summed E-state index contributed by atoms with van der Waals surface area (Å²) in [7, 11) is 0. The van der Waals surface area contributed by atoms with E-state index in [1.165, 1.54) is 12.8 Å². The van der Waals surface area contributed by atoms with Gasteiger partial charge in [0.05, 0.1) is 0 Å². The molecule has 2 aliphatic rings. The molecule has 1 aliphatic heterocycles. The lowest BCUT2D eigenvalue weighted by Crippen LogP contribution is -2.21. The molecule has 3 unspecified atom stereocenters. The highest BCUT2D eigenvalue weighted by Crippen LogP contribution is 2.40. The van der Waals surface area contributed by atoms with E-state index in [2.05, 4.69) is 12.2 Å². The fourth-order valence-corrected chi connectivity index (χ4v) is 1.60. The highest BCUT2D eigenvalue weighted by atomic mass is 15.0. The number of hydrogen-bond acceptors (Lipinski definition) is 1. The van der Waals surface area contributed by atoms with Crippen molar-refractivity contribution in [3.05, 3.63) is 0 Å². The first-order valence-corrected chi connectivity index (χ1v) is 5.12. The van der Waals surface area contributed by atoms with Crippen LogP contribution in [0.15, 0.2) is 0 Å². The standard InChI is InChI=1S/C6H11N.2C2H6/c1-4-2-5-3-6(5)7-4;2*1-2/h4-7H,2-3H2,1H3;2*1-2H3. The lowest BCUT2D eigenvalue weighted by atomic mass is 10.2. The summed E-state index contributed by atoms with van der Waals surface area (Å²) in [4.78, 5) is 0. The molecule has 1 nitrogen and oxygen atoms in total. The first-order valence-electron chi connectivity index (χ1n) is 5.12. The Morgan fingerprint density at radius 3 is 1.73 bits per heavy atom. The molecule has 2 fully saturated rings. The smallest absolute Gasteiger partial charge is 0.0102 e. The van der Waals surface area contributed by atoms with E-state index in [0.29, 0.717) is 0 Å². The van der Waals surface area contributed by atoms with Crippen molar-refractivity contribution in [1.82, 2.24) is 5.32 Å². The molecule has 1 saturated carbocycles. The van der Waals surface area contributed by atoms with E-state index < -0.39 is 0 Å². The SMILES string of the molecule is CC.CC.CC1CC2CC2N1. The zero-order valence-corrected chi connectivity index (χ0v) is 8.65. The lowest BCUT2D eigenvalue weighted by Gasteiger charge is -2.01. The van der Waals surface area contributed by atoms with E-state index in [4.69, 9.17) is 0 Å². The Balaban J connectivity index is 0.000000222. The van der Waals surface area contributed by atoms with Gasteiger partial charge in [-0.3, -0.25) is 0 Å². The van der Waals surface area contributed by atoms with Crippen molar-refractivity contribution in [2.24, 2.45) is 5.92 Å². The van der Waals surface area contributed by atoms with E-state index in [1.807, 2.05) is 27.7 Å². The molecule has 0 aromatic rings. The minimum Gasteiger partial charge on any atom is -0.311 e. The van der Waals surface area contributed by atoms with E-state index in [0.717, 1.165) is 18.0 Å². The topological polar surface area (TPSA) is 12.0 Å². The molecule has 1 heteroatoms. The van der Waals surface area contributed by atoms with Gasteiger partial charge in [-0.2, -0.15) is 0 Å². The maximum absolute atomic E-state index is 3.49.